The molecule has 208 valence electrons. The van der Waals surface area contributed by atoms with Crippen LogP contribution in [-0.4, -0.2) is 99.0 Å². The van der Waals surface area contributed by atoms with Crippen LogP contribution in [0.15, 0.2) is 60.4 Å². The van der Waals surface area contributed by atoms with Gasteiger partial charge in [-0.15, -0.1) is 6.58 Å². The van der Waals surface area contributed by atoms with Gasteiger partial charge in [0, 0.05) is 57.3 Å². The van der Waals surface area contributed by atoms with Crippen molar-refractivity contribution in [3.8, 4) is 0 Å². The quantitative estimate of drug-likeness (QED) is 0.166. The molecule has 3 rings (SSSR count). The molecular formula is C26H39N7O4S. The van der Waals surface area contributed by atoms with Crippen molar-refractivity contribution >= 4 is 22.3 Å². The van der Waals surface area contributed by atoms with Crippen molar-refractivity contribution < 1.29 is 17.9 Å². The van der Waals surface area contributed by atoms with Crippen LogP contribution >= 0.6 is 0 Å². The van der Waals surface area contributed by atoms with E-state index in [4.69, 9.17) is 4.74 Å². The molecule has 0 aliphatic carbocycles. The van der Waals surface area contributed by atoms with Crippen LogP contribution in [0.25, 0.3) is 0 Å². The highest BCUT2D eigenvalue weighted by molar-refractivity contribution is 7.92. The van der Waals surface area contributed by atoms with Crippen LogP contribution in [-0.2, 0) is 21.3 Å². The van der Waals surface area contributed by atoms with Crippen molar-refractivity contribution in [2.75, 3.05) is 46.4 Å². The van der Waals surface area contributed by atoms with E-state index in [1.165, 1.54) is 0 Å². The first-order valence-corrected chi connectivity index (χ1v) is 14.3. The maximum atomic E-state index is 13.1. The van der Waals surface area contributed by atoms with E-state index in [1.807, 2.05) is 18.0 Å². The fourth-order valence-electron chi connectivity index (χ4n) is 4.38. The number of amides is 1. The number of carbonyl (C=O) groups is 1. The molecule has 1 amide bonds. The van der Waals surface area contributed by atoms with Crippen LogP contribution in [0.5, 0.6) is 0 Å². The molecule has 2 N–H and O–H groups in total. The molecule has 38 heavy (non-hydrogen) atoms. The largest absolute Gasteiger partial charge is 0.378 e. The summed E-state index contributed by atoms with van der Waals surface area (Å²) in [5.74, 6) is 0.344. The number of sulfonamides is 1. The Kier molecular flexibility index (Phi) is 11.0. The Labute approximate surface area is 226 Å². The average molecular weight is 546 g/mol. The van der Waals surface area contributed by atoms with Gasteiger partial charge in [0.25, 0.3) is 5.91 Å². The van der Waals surface area contributed by atoms with E-state index in [1.54, 1.807) is 24.7 Å². The third-order valence-electron chi connectivity index (χ3n) is 6.46. The number of likely N-dealkylation sites (tertiary alicyclic amines) is 1. The Morgan fingerprint density at radius 2 is 2.11 bits per heavy atom. The number of carbonyl (C=O) groups excluding carboxylic acids is 1. The maximum Gasteiger partial charge on any atom is 0.271 e. The van der Waals surface area contributed by atoms with Gasteiger partial charge in [-0.2, -0.15) is 0 Å². The Morgan fingerprint density at radius 3 is 2.82 bits per heavy atom. The van der Waals surface area contributed by atoms with Crippen molar-refractivity contribution in [1.82, 2.24) is 29.7 Å². The lowest BCUT2D eigenvalue weighted by molar-refractivity contribution is 0.0533. The van der Waals surface area contributed by atoms with Crippen molar-refractivity contribution in [1.29, 1.82) is 0 Å². The van der Waals surface area contributed by atoms with Gasteiger partial charge < -0.3 is 19.9 Å². The number of aromatic nitrogens is 1. The van der Waals surface area contributed by atoms with Gasteiger partial charge >= 0.3 is 0 Å². The topological polar surface area (TPSA) is 119 Å². The Balaban J connectivity index is 1.59. The molecule has 2 saturated heterocycles. The van der Waals surface area contributed by atoms with Gasteiger partial charge in [-0.3, -0.25) is 14.7 Å². The second kappa shape index (κ2) is 14.2. The van der Waals surface area contributed by atoms with Gasteiger partial charge in [0.2, 0.25) is 10.0 Å². The maximum absolute atomic E-state index is 13.1. The number of rotatable bonds is 13. The molecule has 0 saturated carbocycles. The SMILES string of the molecule is C=CCC(NC(=O)c1cc(CN2CCC[C@@H](NS(=O)(=O)C=C)C2)ccn1)N(C)C=NC(=C)N1CCOCC1. The van der Waals surface area contributed by atoms with E-state index >= 15 is 0 Å². The third-order valence-corrected chi connectivity index (χ3v) is 7.56. The molecule has 1 unspecified atom stereocenters. The number of ether oxygens (including phenoxy) is 1. The Morgan fingerprint density at radius 1 is 1.34 bits per heavy atom. The van der Waals surface area contributed by atoms with Crippen molar-refractivity contribution in [2.45, 2.75) is 38.0 Å². The van der Waals surface area contributed by atoms with E-state index in [0.717, 1.165) is 43.4 Å². The Bertz CT molecular complexity index is 1120. The predicted molar refractivity (Wildman–Crippen MR) is 149 cm³/mol. The van der Waals surface area contributed by atoms with Crippen LogP contribution < -0.4 is 10.0 Å². The molecule has 1 aromatic heterocycles. The number of aliphatic imine (C=N–C) groups is 1. The van der Waals surface area contributed by atoms with Gasteiger partial charge in [-0.25, -0.2) is 18.1 Å². The van der Waals surface area contributed by atoms with Crippen LogP contribution in [0.2, 0.25) is 0 Å². The number of nitrogens with one attached hydrogen (secondary N) is 2. The molecule has 2 aliphatic heterocycles. The second-order valence-electron chi connectivity index (χ2n) is 9.39. The molecule has 0 radical (unpaired) electrons. The molecule has 2 fully saturated rings. The first-order chi connectivity index (χ1) is 18.2. The smallest absolute Gasteiger partial charge is 0.271 e. The molecule has 2 atom stereocenters. The molecule has 3 heterocycles. The van der Waals surface area contributed by atoms with E-state index in [2.05, 4.69) is 49.6 Å². The molecule has 2 aliphatic rings. The average Bonchev–Trinajstić information content (AvgIpc) is 2.92. The first kappa shape index (κ1) is 29.5. The molecule has 0 spiro atoms. The highest BCUT2D eigenvalue weighted by Crippen LogP contribution is 2.15. The van der Waals surface area contributed by atoms with Crippen LogP contribution in [0.3, 0.4) is 0 Å². The predicted octanol–water partition coefficient (Wildman–Crippen LogP) is 1.50. The summed E-state index contributed by atoms with van der Waals surface area (Å²) in [7, 11) is -1.64. The van der Waals surface area contributed by atoms with Crippen LogP contribution in [0, 0.1) is 0 Å². The molecular weight excluding hydrogens is 506 g/mol. The highest BCUT2D eigenvalue weighted by Gasteiger charge is 2.23. The summed E-state index contributed by atoms with van der Waals surface area (Å²) >= 11 is 0. The number of piperidine rings is 1. The fraction of sp³-hybridized carbons (Fsp3) is 0.500. The van der Waals surface area contributed by atoms with Crippen molar-refractivity contribution in [3.63, 3.8) is 0 Å². The van der Waals surface area contributed by atoms with Crippen molar-refractivity contribution in [3.05, 3.63) is 66.6 Å². The minimum Gasteiger partial charge on any atom is -0.378 e. The molecule has 11 nitrogen and oxygen atoms in total. The number of hydrogen-bond acceptors (Lipinski definition) is 8. The number of morpholine rings is 1. The Hall–Kier alpha value is -3.06. The lowest BCUT2D eigenvalue weighted by atomic mass is 10.1. The fourth-order valence-corrected chi connectivity index (χ4v) is 5.14. The monoisotopic (exact) mass is 545 g/mol. The first-order valence-electron chi connectivity index (χ1n) is 12.7. The number of pyridine rings is 1. The van der Waals surface area contributed by atoms with Crippen molar-refractivity contribution in [2.24, 2.45) is 4.99 Å². The zero-order valence-corrected chi connectivity index (χ0v) is 22.9. The summed E-state index contributed by atoms with van der Waals surface area (Å²) in [6, 6.07) is 3.46. The van der Waals surface area contributed by atoms with Crippen LogP contribution in [0.1, 0.15) is 35.3 Å². The lowest BCUT2D eigenvalue weighted by Crippen LogP contribution is -2.47. The minimum absolute atomic E-state index is 0.174. The minimum atomic E-state index is -3.48. The molecule has 0 bridgehead atoms. The van der Waals surface area contributed by atoms with Crippen LogP contribution in [0.4, 0.5) is 0 Å². The molecule has 1 aromatic rings. The summed E-state index contributed by atoms with van der Waals surface area (Å²) in [5, 5.41) is 3.94. The lowest BCUT2D eigenvalue weighted by Gasteiger charge is -2.32. The number of nitrogens with zero attached hydrogens (tertiary/aromatic N) is 5. The third kappa shape index (κ3) is 9.05. The standard InChI is InChI=1S/C26H39N7O4S/c1-5-8-25(31(4)20-28-21(3)33-13-15-37-16-14-33)29-26(34)24-17-22(10-11-27-24)18-32-12-7-9-23(19-32)30-38(35,36)6-2/h5-6,10-11,17,20,23,25,30H,1-3,7-9,12-16,18-19H2,4H3,(H,29,34)/t23-,25?/m1/s1. The summed E-state index contributed by atoms with van der Waals surface area (Å²) in [6.07, 6.45) is 6.80. The molecule has 0 aromatic carbocycles. The number of hydrogen-bond donors (Lipinski definition) is 2. The van der Waals surface area contributed by atoms with E-state index < -0.39 is 10.0 Å². The van der Waals surface area contributed by atoms with Gasteiger partial charge in [0.1, 0.15) is 17.7 Å². The van der Waals surface area contributed by atoms with Gasteiger partial charge in [0.15, 0.2) is 0 Å². The molecule has 12 heteroatoms. The summed E-state index contributed by atoms with van der Waals surface area (Å²) < 4.78 is 31.7. The van der Waals surface area contributed by atoms with E-state index in [0.29, 0.717) is 44.2 Å². The normalized spacial score (nSPS) is 19.6. The highest BCUT2D eigenvalue weighted by atomic mass is 32.2. The second-order valence-corrected chi connectivity index (χ2v) is 11.1. The zero-order valence-electron chi connectivity index (χ0n) is 22.1. The van der Waals surface area contributed by atoms with Gasteiger partial charge in [-0.05, 0) is 37.1 Å². The van der Waals surface area contributed by atoms with E-state index in [-0.39, 0.29) is 18.1 Å². The summed E-state index contributed by atoms with van der Waals surface area (Å²) in [4.78, 5) is 27.9. The zero-order chi connectivity index (χ0) is 27.5. The van der Waals surface area contributed by atoms with Gasteiger partial charge in [-0.1, -0.05) is 19.2 Å². The van der Waals surface area contributed by atoms with E-state index in [9.17, 15) is 13.2 Å². The van der Waals surface area contributed by atoms with Gasteiger partial charge in [0.05, 0.1) is 19.6 Å². The summed E-state index contributed by atoms with van der Waals surface area (Å²) in [5.41, 5.74) is 1.23. The summed E-state index contributed by atoms with van der Waals surface area (Å²) in [6.45, 7) is 16.0.